The number of rotatable bonds is 1. The number of hydrogen-bond donors (Lipinski definition) is 0. The van der Waals surface area contributed by atoms with E-state index in [4.69, 9.17) is 14.5 Å². The van der Waals surface area contributed by atoms with Crippen molar-refractivity contribution in [3.05, 3.63) is 140 Å². The minimum absolute atomic E-state index is 0.917. The predicted octanol–water partition coefficient (Wildman–Crippen LogP) is 5.52. The van der Waals surface area contributed by atoms with Crippen molar-refractivity contribution in [3.8, 4) is 28.7 Å². The van der Waals surface area contributed by atoms with Gasteiger partial charge in [-0.05, 0) is 0 Å². The van der Waals surface area contributed by atoms with Crippen LogP contribution in [0.15, 0.2) is 140 Å². The fraction of sp³-hybridized carbons (Fsp3) is 0. The van der Waals surface area contributed by atoms with Crippen LogP contribution in [-0.2, 0) is 0 Å². The van der Waals surface area contributed by atoms with E-state index in [1.807, 2.05) is 0 Å². The Morgan fingerprint density at radius 1 is 0.500 bits per heavy atom. The molecule has 7 heteroatoms. The number of nitrogens with zero attached hydrogens (tertiary/aromatic N) is 3. The van der Waals surface area contributed by atoms with E-state index >= 15 is 0 Å². The Labute approximate surface area is 286 Å². The van der Waals surface area contributed by atoms with Crippen LogP contribution in [0, 0.1) is 0 Å². The second-order valence-electron chi connectivity index (χ2n) is 13.0. The summed E-state index contributed by atoms with van der Waals surface area (Å²) in [6.45, 7) is 0. The van der Waals surface area contributed by atoms with Gasteiger partial charge in [0.2, 0.25) is 0 Å². The fourth-order valence-corrected chi connectivity index (χ4v) is 23.1. The number of ether oxygens (including phenoxy) is 2. The Morgan fingerprint density at radius 2 is 1.19 bits per heavy atom. The first-order valence-electron chi connectivity index (χ1n) is 16.5. The van der Waals surface area contributed by atoms with Gasteiger partial charge < -0.3 is 0 Å². The molecule has 5 nitrogen and oxygen atoms in total. The summed E-state index contributed by atoms with van der Waals surface area (Å²) in [6.07, 6.45) is 0. The summed E-state index contributed by atoms with van der Waals surface area (Å²) < 4.78 is 23.9. The minimum atomic E-state index is -2.74. The molecular formula is C41H23Ga2N3O2. The molecule has 2 aromatic heterocycles. The summed E-state index contributed by atoms with van der Waals surface area (Å²) in [5, 5.41) is 2.63. The third-order valence-electron chi connectivity index (χ3n) is 10.7. The van der Waals surface area contributed by atoms with E-state index in [0.29, 0.717) is 0 Å². The van der Waals surface area contributed by atoms with Gasteiger partial charge in [0.05, 0.1) is 0 Å². The Bertz CT molecular complexity index is 2720. The first kappa shape index (κ1) is 26.0. The summed E-state index contributed by atoms with van der Waals surface area (Å²) in [7, 11) is 0. The zero-order valence-corrected chi connectivity index (χ0v) is 30.4. The Balaban J connectivity index is 1.21. The van der Waals surface area contributed by atoms with Crippen LogP contribution in [0.3, 0.4) is 0 Å². The molecule has 6 aromatic carbocycles. The maximum absolute atomic E-state index is 6.88. The van der Waals surface area contributed by atoms with Gasteiger partial charge in [-0.2, -0.15) is 0 Å². The molecule has 0 aliphatic carbocycles. The summed E-state index contributed by atoms with van der Waals surface area (Å²) in [5.41, 5.74) is 6.30. The van der Waals surface area contributed by atoms with E-state index in [9.17, 15) is 0 Å². The number of para-hydroxylation sites is 4. The number of aromatic nitrogens is 2. The van der Waals surface area contributed by atoms with E-state index in [1.54, 1.807) is 0 Å². The standard InChI is InChI=1S/C41H23N3O2.2Ga/c1-3-13-30(14-4-1)43(31-15-11-16-32(27-31)44-39-23-9-7-21-37(39)38-22-8-10-24-40(38)44)41-26-25-36(29-42-41)46-35-20-12-19-34(28-35)45-33-17-5-2-6-18-33;;/h1-17,19-23,25H;;. The van der Waals surface area contributed by atoms with Gasteiger partial charge >= 0.3 is 288 Å². The molecule has 0 atom stereocenters. The van der Waals surface area contributed by atoms with Crippen LogP contribution in [0.1, 0.15) is 0 Å². The molecule has 8 aromatic rings. The van der Waals surface area contributed by atoms with Crippen molar-refractivity contribution in [2.24, 2.45) is 0 Å². The van der Waals surface area contributed by atoms with Crippen LogP contribution in [0.5, 0.6) is 23.0 Å². The number of anilines is 3. The number of fused-ring (bicyclic) bond motifs is 11. The van der Waals surface area contributed by atoms with Gasteiger partial charge in [-0.1, -0.05) is 0 Å². The number of benzene rings is 6. The molecule has 0 amide bonds. The summed E-state index contributed by atoms with van der Waals surface area (Å²) >= 11 is -5.44. The van der Waals surface area contributed by atoms with E-state index in [1.165, 1.54) is 53.8 Å². The molecule has 12 rings (SSSR count). The first-order chi connectivity index (χ1) is 23.8. The summed E-state index contributed by atoms with van der Waals surface area (Å²) in [4.78, 5) is 8.25. The molecule has 6 heterocycles. The van der Waals surface area contributed by atoms with E-state index < -0.39 is 32.4 Å². The van der Waals surface area contributed by atoms with Crippen LogP contribution in [0.25, 0.3) is 27.5 Å². The molecular weight excluding hydrogens is 706 g/mol. The molecule has 0 unspecified atom stereocenters. The number of pyridine rings is 1. The van der Waals surface area contributed by atoms with Crippen molar-refractivity contribution < 1.29 is 9.47 Å². The van der Waals surface area contributed by atoms with Crippen LogP contribution in [0.4, 0.5) is 17.2 Å². The van der Waals surface area contributed by atoms with Gasteiger partial charge in [-0.15, -0.1) is 0 Å². The molecule has 4 aliphatic rings. The zero-order valence-electron chi connectivity index (χ0n) is 25.6. The quantitative estimate of drug-likeness (QED) is 0.209. The van der Waals surface area contributed by atoms with Crippen molar-refractivity contribution in [1.82, 2.24) is 9.55 Å². The van der Waals surface area contributed by atoms with E-state index in [2.05, 4.69) is 149 Å². The van der Waals surface area contributed by atoms with Crippen LogP contribution in [-0.4, -0.2) is 42.0 Å². The monoisotopic (exact) mass is 727 g/mol. The van der Waals surface area contributed by atoms with E-state index in [-0.39, 0.29) is 0 Å². The first-order valence-corrected chi connectivity index (χ1v) is 23.7. The molecule has 0 N–H and O–H groups in total. The molecule has 48 heavy (non-hydrogen) atoms. The zero-order chi connectivity index (χ0) is 31.1. The van der Waals surface area contributed by atoms with Crippen molar-refractivity contribution in [3.63, 3.8) is 0 Å². The van der Waals surface area contributed by atoms with Gasteiger partial charge in [-0.25, -0.2) is 0 Å². The second-order valence-corrected chi connectivity index (χ2v) is 24.2. The Morgan fingerprint density at radius 3 is 2.10 bits per heavy atom. The average molecular weight is 729 g/mol. The summed E-state index contributed by atoms with van der Waals surface area (Å²) in [6, 6.07) is 50.7. The SMILES string of the molecule is c1ccc(N2c3cccc4[c]3[Ga]([c]3cc5[c](nc32)[Ga]2[c]3ccccc3Oc3cccc([c]32)O5)[c]2cccc3c5ccccc5n-4c23)cc1. The third kappa shape index (κ3) is 3.20. The molecule has 0 spiro atoms. The van der Waals surface area contributed by atoms with Gasteiger partial charge in [0.15, 0.2) is 0 Å². The fourth-order valence-electron chi connectivity index (χ4n) is 8.85. The molecule has 220 valence electrons. The van der Waals surface area contributed by atoms with Gasteiger partial charge in [0, 0.05) is 0 Å². The number of hydrogen-bond acceptors (Lipinski definition) is 4. The van der Waals surface area contributed by atoms with Gasteiger partial charge in [0.25, 0.3) is 0 Å². The van der Waals surface area contributed by atoms with Crippen molar-refractivity contribution >= 4 is 96.3 Å². The van der Waals surface area contributed by atoms with Crippen LogP contribution in [0.2, 0.25) is 0 Å². The van der Waals surface area contributed by atoms with E-state index in [0.717, 1.165) is 38.8 Å². The Kier molecular flexibility index (Phi) is 5.03. The molecule has 0 fully saturated rings. The Hall–Kier alpha value is -5.06. The molecule has 4 aliphatic heterocycles. The second kappa shape index (κ2) is 9.30. The summed E-state index contributed by atoms with van der Waals surface area (Å²) in [5.74, 6) is 4.80. The van der Waals surface area contributed by atoms with Crippen molar-refractivity contribution in [2.75, 3.05) is 4.90 Å². The van der Waals surface area contributed by atoms with Crippen LogP contribution >= 0.6 is 0 Å². The predicted molar refractivity (Wildman–Crippen MR) is 196 cm³/mol. The molecule has 0 saturated heterocycles. The molecule has 0 bridgehead atoms. The van der Waals surface area contributed by atoms with Crippen LogP contribution < -0.4 is 39.2 Å². The van der Waals surface area contributed by atoms with Gasteiger partial charge in [0.1, 0.15) is 0 Å². The van der Waals surface area contributed by atoms with Crippen molar-refractivity contribution in [1.29, 1.82) is 0 Å². The molecule has 0 radical (unpaired) electrons. The van der Waals surface area contributed by atoms with Gasteiger partial charge in [-0.3, -0.25) is 0 Å². The molecule has 0 saturated carbocycles. The topological polar surface area (TPSA) is 39.5 Å². The van der Waals surface area contributed by atoms with Crippen molar-refractivity contribution in [2.45, 2.75) is 0 Å². The normalized spacial score (nSPS) is 14.0. The maximum atomic E-state index is 6.88. The average Bonchev–Trinajstić information content (AvgIpc) is 3.48. The third-order valence-corrected chi connectivity index (χ3v) is 24.3.